The van der Waals surface area contributed by atoms with E-state index < -0.39 is 10.0 Å². The van der Waals surface area contributed by atoms with Crippen molar-refractivity contribution < 1.29 is 17.6 Å². The average Bonchev–Trinajstić information content (AvgIpc) is 2.80. The number of aromatic nitrogens is 1. The lowest BCUT2D eigenvalue weighted by atomic mass is 9.89. The fourth-order valence-corrected chi connectivity index (χ4v) is 4.53. The molecule has 7 nitrogen and oxygen atoms in total. The number of amides is 1. The normalized spacial score (nSPS) is 14.8. The third-order valence-corrected chi connectivity index (χ3v) is 6.75. The molecule has 2 aromatic carbocycles. The molecule has 1 aliphatic heterocycles. The van der Waals surface area contributed by atoms with Crippen LogP contribution < -0.4 is 10.5 Å². The van der Waals surface area contributed by atoms with Crippen molar-refractivity contribution in [1.82, 2.24) is 9.88 Å². The van der Waals surface area contributed by atoms with E-state index in [0.29, 0.717) is 18.8 Å². The maximum Gasteiger partial charge on any atom is 0.257 e. The highest BCUT2D eigenvalue weighted by molar-refractivity contribution is 7.89. The fraction of sp³-hybridized carbons (Fsp3) is 0.250. The third kappa shape index (κ3) is 5.20. The Morgan fingerprint density at radius 1 is 1.09 bits per heavy atom. The lowest BCUT2D eigenvalue weighted by Crippen LogP contribution is -2.38. The molecule has 0 unspecified atom stereocenters. The van der Waals surface area contributed by atoms with Gasteiger partial charge in [0.15, 0.2) is 5.03 Å². The molecule has 0 radical (unpaired) electrons. The third-order valence-electron chi connectivity index (χ3n) is 5.94. The first-order chi connectivity index (χ1) is 15.7. The molecule has 1 saturated heterocycles. The second-order valence-corrected chi connectivity index (χ2v) is 9.68. The SMILES string of the molecule is Cc1ccccc1Nc1cc(S(N)(=O)=O)ncc1C(=O)N1CCC(c2ccc(F)cc2)CC1. The molecule has 1 aliphatic rings. The zero-order chi connectivity index (χ0) is 23.6. The van der Waals surface area contributed by atoms with Gasteiger partial charge in [0.05, 0.1) is 11.3 Å². The summed E-state index contributed by atoms with van der Waals surface area (Å²) in [7, 11) is -4.04. The molecule has 0 aliphatic carbocycles. The summed E-state index contributed by atoms with van der Waals surface area (Å²) < 4.78 is 36.9. The molecule has 0 atom stereocenters. The first-order valence-electron chi connectivity index (χ1n) is 10.6. The van der Waals surface area contributed by atoms with Gasteiger partial charge in [-0.2, -0.15) is 0 Å². The van der Waals surface area contributed by atoms with Crippen molar-refractivity contribution in [3.05, 3.63) is 83.3 Å². The largest absolute Gasteiger partial charge is 0.355 e. The van der Waals surface area contributed by atoms with Crippen LogP contribution in [0, 0.1) is 12.7 Å². The minimum absolute atomic E-state index is 0.239. The molecular formula is C24H25FN4O3S. The van der Waals surface area contributed by atoms with E-state index in [2.05, 4.69) is 10.3 Å². The van der Waals surface area contributed by atoms with Gasteiger partial charge in [0, 0.05) is 31.0 Å². The van der Waals surface area contributed by atoms with Crippen molar-refractivity contribution in [3.63, 3.8) is 0 Å². The van der Waals surface area contributed by atoms with Crippen LogP contribution in [0.3, 0.4) is 0 Å². The molecule has 1 fully saturated rings. The van der Waals surface area contributed by atoms with E-state index in [1.54, 1.807) is 17.0 Å². The van der Waals surface area contributed by atoms with Gasteiger partial charge in [0.25, 0.3) is 15.9 Å². The summed E-state index contributed by atoms with van der Waals surface area (Å²) in [6.45, 7) is 2.97. The summed E-state index contributed by atoms with van der Waals surface area (Å²) in [5.41, 5.74) is 3.34. The predicted molar refractivity (Wildman–Crippen MR) is 124 cm³/mol. The van der Waals surface area contributed by atoms with Crippen molar-refractivity contribution in [2.24, 2.45) is 5.14 Å². The number of hydrogen-bond donors (Lipinski definition) is 2. The van der Waals surface area contributed by atoms with Gasteiger partial charge in [-0.25, -0.2) is 22.9 Å². The van der Waals surface area contributed by atoms with Gasteiger partial charge in [0.1, 0.15) is 5.82 Å². The molecule has 2 heterocycles. The van der Waals surface area contributed by atoms with E-state index in [0.717, 1.165) is 29.7 Å². The van der Waals surface area contributed by atoms with E-state index in [4.69, 9.17) is 5.14 Å². The molecule has 3 N–H and O–H groups in total. The maximum atomic E-state index is 13.4. The van der Waals surface area contributed by atoms with E-state index >= 15 is 0 Å². The standard InChI is InChI=1S/C24H25FN4O3S/c1-16-4-2-3-5-21(16)28-22-14-23(33(26,31)32)27-15-20(22)24(30)29-12-10-18(11-13-29)17-6-8-19(25)9-7-17/h2-9,14-15,18H,10-13H2,1H3,(H,27,28)(H2,26,31,32). The smallest absolute Gasteiger partial charge is 0.257 e. The summed E-state index contributed by atoms with van der Waals surface area (Å²) in [4.78, 5) is 19.0. The van der Waals surface area contributed by atoms with E-state index in [1.165, 1.54) is 24.4 Å². The Kier molecular flexibility index (Phi) is 6.44. The quantitative estimate of drug-likeness (QED) is 0.590. The number of piperidine rings is 1. The van der Waals surface area contributed by atoms with E-state index in [1.807, 2.05) is 31.2 Å². The van der Waals surface area contributed by atoms with Crippen molar-refractivity contribution in [3.8, 4) is 0 Å². The van der Waals surface area contributed by atoms with Crippen LogP contribution in [0.1, 0.15) is 40.2 Å². The molecule has 33 heavy (non-hydrogen) atoms. The number of benzene rings is 2. The highest BCUT2D eigenvalue weighted by Gasteiger charge is 2.27. The lowest BCUT2D eigenvalue weighted by molar-refractivity contribution is 0.0713. The van der Waals surface area contributed by atoms with Crippen LogP contribution >= 0.6 is 0 Å². The monoisotopic (exact) mass is 468 g/mol. The highest BCUT2D eigenvalue weighted by Crippen LogP contribution is 2.31. The van der Waals surface area contributed by atoms with Crippen molar-refractivity contribution in [2.75, 3.05) is 18.4 Å². The van der Waals surface area contributed by atoms with Crippen molar-refractivity contribution in [1.29, 1.82) is 0 Å². The molecule has 4 rings (SSSR count). The Morgan fingerprint density at radius 2 is 1.76 bits per heavy atom. The lowest BCUT2D eigenvalue weighted by Gasteiger charge is -2.32. The number of aryl methyl sites for hydroxylation is 1. The van der Waals surface area contributed by atoms with Crippen LogP contribution in [0.5, 0.6) is 0 Å². The van der Waals surface area contributed by atoms with Crippen LogP contribution in [-0.4, -0.2) is 37.3 Å². The number of anilines is 2. The number of para-hydroxylation sites is 1. The fourth-order valence-electron chi connectivity index (χ4n) is 4.05. The molecule has 0 saturated carbocycles. The molecule has 172 valence electrons. The highest BCUT2D eigenvalue weighted by atomic mass is 32.2. The summed E-state index contributed by atoms with van der Waals surface area (Å²) in [6.07, 6.45) is 2.76. The minimum Gasteiger partial charge on any atom is -0.355 e. The van der Waals surface area contributed by atoms with Crippen LogP contribution in [0.4, 0.5) is 15.8 Å². The number of carbonyl (C=O) groups excluding carboxylic acids is 1. The summed E-state index contributed by atoms with van der Waals surface area (Å²) in [5, 5.41) is 8.12. The number of primary sulfonamides is 1. The zero-order valence-electron chi connectivity index (χ0n) is 18.2. The average molecular weight is 469 g/mol. The van der Waals surface area contributed by atoms with Gasteiger partial charge in [-0.3, -0.25) is 4.79 Å². The molecule has 0 spiro atoms. The molecule has 3 aromatic rings. The number of sulfonamides is 1. The molecular weight excluding hydrogens is 443 g/mol. The number of carbonyl (C=O) groups is 1. The Hall–Kier alpha value is -3.30. The minimum atomic E-state index is -4.04. The van der Waals surface area contributed by atoms with Crippen LogP contribution in [0.15, 0.2) is 65.8 Å². The van der Waals surface area contributed by atoms with Gasteiger partial charge < -0.3 is 10.2 Å². The number of hydrogen-bond acceptors (Lipinski definition) is 5. The summed E-state index contributed by atoms with van der Waals surface area (Å²) >= 11 is 0. The van der Waals surface area contributed by atoms with Crippen LogP contribution in [0.25, 0.3) is 0 Å². The number of pyridine rings is 1. The van der Waals surface area contributed by atoms with Gasteiger partial charge >= 0.3 is 0 Å². The Labute approximate surface area is 192 Å². The Bertz CT molecular complexity index is 1270. The van der Waals surface area contributed by atoms with E-state index in [-0.39, 0.29) is 28.2 Å². The molecule has 1 aromatic heterocycles. The molecule has 9 heteroatoms. The van der Waals surface area contributed by atoms with Gasteiger partial charge in [-0.05, 0) is 55.0 Å². The number of nitrogens with one attached hydrogen (secondary N) is 1. The zero-order valence-corrected chi connectivity index (χ0v) is 19.0. The van der Waals surface area contributed by atoms with Gasteiger partial charge in [-0.15, -0.1) is 0 Å². The Morgan fingerprint density at radius 3 is 2.39 bits per heavy atom. The number of nitrogens with zero attached hydrogens (tertiary/aromatic N) is 2. The first kappa shape index (κ1) is 22.9. The Balaban J connectivity index is 1.58. The summed E-state index contributed by atoms with van der Waals surface area (Å²) in [6, 6.07) is 15.3. The maximum absolute atomic E-state index is 13.4. The van der Waals surface area contributed by atoms with Gasteiger partial charge in [0.2, 0.25) is 0 Å². The topological polar surface area (TPSA) is 105 Å². The van der Waals surface area contributed by atoms with E-state index in [9.17, 15) is 17.6 Å². The van der Waals surface area contributed by atoms with Gasteiger partial charge in [-0.1, -0.05) is 30.3 Å². The second-order valence-electron chi connectivity index (χ2n) is 8.17. The molecule has 0 bridgehead atoms. The van der Waals surface area contributed by atoms with Crippen LogP contribution in [-0.2, 0) is 10.0 Å². The number of nitrogens with two attached hydrogens (primary N) is 1. The second kappa shape index (κ2) is 9.29. The number of likely N-dealkylation sites (tertiary alicyclic amines) is 1. The number of rotatable bonds is 5. The summed E-state index contributed by atoms with van der Waals surface area (Å²) in [5.74, 6) is -0.255. The predicted octanol–water partition coefficient (Wildman–Crippen LogP) is 3.94. The number of halogens is 1. The first-order valence-corrected chi connectivity index (χ1v) is 12.2. The van der Waals surface area contributed by atoms with Crippen molar-refractivity contribution >= 4 is 27.3 Å². The van der Waals surface area contributed by atoms with Crippen LogP contribution in [0.2, 0.25) is 0 Å². The molecule has 1 amide bonds. The van der Waals surface area contributed by atoms with Crippen molar-refractivity contribution in [2.45, 2.75) is 30.7 Å².